The molecule has 0 aromatic heterocycles. The highest BCUT2D eigenvalue weighted by Gasteiger charge is 2.28. The van der Waals surface area contributed by atoms with Crippen molar-refractivity contribution >= 4 is 11.7 Å². The monoisotopic (exact) mass is 277 g/mol. The molecule has 0 aliphatic carbocycles. The van der Waals surface area contributed by atoms with E-state index in [1.165, 1.54) is 5.56 Å². The van der Waals surface area contributed by atoms with Crippen LogP contribution in [0.1, 0.15) is 18.4 Å². The summed E-state index contributed by atoms with van der Waals surface area (Å²) in [6.45, 7) is 1.49. The molecule has 1 aromatic rings. The van der Waals surface area contributed by atoms with Gasteiger partial charge in [0.1, 0.15) is 0 Å². The molecule has 0 saturated carbocycles. The summed E-state index contributed by atoms with van der Waals surface area (Å²) in [6.07, 6.45) is 2.98. The molecule has 3 N–H and O–H groups in total. The second-order valence-electron chi connectivity index (χ2n) is 5.01. The van der Waals surface area contributed by atoms with Gasteiger partial charge in [0.15, 0.2) is 0 Å². The third-order valence-electron chi connectivity index (χ3n) is 3.67. The van der Waals surface area contributed by atoms with Crippen LogP contribution in [0.15, 0.2) is 24.3 Å². The summed E-state index contributed by atoms with van der Waals surface area (Å²) >= 11 is 0. The number of hydrogen-bond donors (Lipinski definition) is 2. The summed E-state index contributed by atoms with van der Waals surface area (Å²) in [4.78, 5) is 14.3. The van der Waals surface area contributed by atoms with Crippen LogP contribution >= 0.6 is 0 Å². The molecule has 0 saturated heterocycles. The normalized spacial score (nSPS) is 18.3. The van der Waals surface area contributed by atoms with Crippen molar-refractivity contribution in [3.63, 3.8) is 0 Å². The maximum absolute atomic E-state index is 12.5. The minimum atomic E-state index is -0.0909. The Bertz CT molecular complexity index is 450. The zero-order valence-electron chi connectivity index (χ0n) is 12.0. The smallest absolute Gasteiger partial charge is 0.322 e. The van der Waals surface area contributed by atoms with Gasteiger partial charge >= 0.3 is 6.03 Å². The van der Waals surface area contributed by atoms with Crippen molar-refractivity contribution in [2.75, 3.05) is 31.7 Å². The number of para-hydroxylation sites is 1. The van der Waals surface area contributed by atoms with Gasteiger partial charge in [-0.1, -0.05) is 18.2 Å². The number of carbonyl (C=O) groups excluding carboxylic acids is 1. The number of carbonyl (C=O) groups is 1. The third-order valence-corrected chi connectivity index (χ3v) is 3.67. The second-order valence-corrected chi connectivity index (χ2v) is 5.01. The Balaban J connectivity index is 2.22. The maximum Gasteiger partial charge on any atom is 0.322 e. The van der Waals surface area contributed by atoms with Crippen molar-refractivity contribution in [2.45, 2.75) is 25.3 Å². The largest absolute Gasteiger partial charge is 0.383 e. The van der Waals surface area contributed by atoms with E-state index in [9.17, 15) is 4.79 Å². The summed E-state index contributed by atoms with van der Waals surface area (Å²) in [5.74, 6) is 0. The molecule has 1 heterocycles. The van der Waals surface area contributed by atoms with Gasteiger partial charge in [-0.25, -0.2) is 4.79 Å². The summed E-state index contributed by atoms with van der Waals surface area (Å²) in [5, 5.41) is 2.89. The minimum absolute atomic E-state index is 0.0567. The lowest BCUT2D eigenvalue weighted by molar-refractivity contribution is 0.196. The molecule has 1 aliphatic rings. The first-order chi connectivity index (χ1) is 9.77. The van der Waals surface area contributed by atoms with Gasteiger partial charge in [0.2, 0.25) is 0 Å². The predicted molar refractivity (Wildman–Crippen MR) is 80.0 cm³/mol. The molecule has 5 nitrogen and oxygen atoms in total. The number of nitrogens with zero attached hydrogens (tertiary/aromatic N) is 1. The summed E-state index contributed by atoms with van der Waals surface area (Å²) in [6, 6.07) is 8.03. The van der Waals surface area contributed by atoms with Gasteiger partial charge in [0, 0.05) is 25.9 Å². The summed E-state index contributed by atoms with van der Waals surface area (Å²) in [7, 11) is 1.62. The van der Waals surface area contributed by atoms with Crippen LogP contribution in [0.4, 0.5) is 10.5 Å². The number of fused-ring (bicyclic) bond motifs is 1. The Kier molecular flexibility index (Phi) is 5.38. The van der Waals surface area contributed by atoms with E-state index in [4.69, 9.17) is 10.5 Å². The number of amides is 2. The first kappa shape index (κ1) is 14.8. The molecule has 1 atom stereocenters. The molecule has 2 rings (SSSR count). The lowest BCUT2D eigenvalue weighted by Crippen LogP contribution is -2.49. The number of urea groups is 1. The standard InChI is InChI=1S/C15H23N3O2/c1-20-10-9-17-15(19)18-13(11-16)7-4-6-12-5-2-3-8-14(12)18/h2-3,5,8,13H,4,6-7,9-11,16H2,1H3,(H,17,19). The molecule has 1 aromatic carbocycles. The first-order valence-corrected chi connectivity index (χ1v) is 7.12. The van der Waals surface area contributed by atoms with Gasteiger partial charge in [0.05, 0.1) is 12.6 Å². The summed E-state index contributed by atoms with van der Waals surface area (Å²) in [5.41, 5.74) is 8.06. The van der Waals surface area contributed by atoms with Crippen LogP contribution in [0.2, 0.25) is 0 Å². The van der Waals surface area contributed by atoms with E-state index in [1.807, 2.05) is 23.1 Å². The Labute approximate surface area is 120 Å². The maximum atomic E-state index is 12.5. The van der Waals surface area contributed by atoms with Crippen molar-refractivity contribution in [1.29, 1.82) is 0 Å². The number of benzene rings is 1. The Hall–Kier alpha value is -1.59. The van der Waals surface area contributed by atoms with Crippen LogP contribution < -0.4 is 16.0 Å². The highest BCUT2D eigenvalue weighted by atomic mass is 16.5. The van der Waals surface area contributed by atoms with Crippen molar-refractivity contribution < 1.29 is 9.53 Å². The van der Waals surface area contributed by atoms with Gasteiger partial charge in [-0.15, -0.1) is 0 Å². The molecular weight excluding hydrogens is 254 g/mol. The van der Waals surface area contributed by atoms with Crippen LogP contribution in [-0.2, 0) is 11.2 Å². The quantitative estimate of drug-likeness (QED) is 0.820. The molecule has 5 heteroatoms. The van der Waals surface area contributed by atoms with E-state index in [0.717, 1.165) is 24.9 Å². The highest BCUT2D eigenvalue weighted by Crippen LogP contribution is 2.29. The Morgan fingerprint density at radius 2 is 2.30 bits per heavy atom. The zero-order chi connectivity index (χ0) is 14.4. The number of rotatable bonds is 4. The topological polar surface area (TPSA) is 67.6 Å². The lowest BCUT2D eigenvalue weighted by Gasteiger charge is -2.30. The van der Waals surface area contributed by atoms with Gasteiger partial charge in [-0.05, 0) is 30.9 Å². The average molecular weight is 277 g/mol. The van der Waals surface area contributed by atoms with E-state index in [2.05, 4.69) is 11.4 Å². The van der Waals surface area contributed by atoms with E-state index < -0.39 is 0 Å². The number of anilines is 1. The van der Waals surface area contributed by atoms with Gasteiger partial charge in [-0.3, -0.25) is 4.90 Å². The molecule has 110 valence electrons. The highest BCUT2D eigenvalue weighted by molar-refractivity contribution is 5.93. The molecule has 2 amide bonds. The second kappa shape index (κ2) is 7.26. The number of nitrogens with one attached hydrogen (secondary N) is 1. The molecule has 0 spiro atoms. The van der Waals surface area contributed by atoms with Crippen LogP contribution in [0.3, 0.4) is 0 Å². The van der Waals surface area contributed by atoms with Crippen LogP contribution in [0.5, 0.6) is 0 Å². The molecule has 0 fully saturated rings. The van der Waals surface area contributed by atoms with Crippen molar-refractivity contribution in [3.8, 4) is 0 Å². The average Bonchev–Trinajstić information content (AvgIpc) is 2.66. The lowest BCUT2D eigenvalue weighted by atomic mass is 10.1. The fraction of sp³-hybridized carbons (Fsp3) is 0.533. The molecule has 20 heavy (non-hydrogen) atoms. The molecule has 0 radical (unpaired) electrons. The predicted octanol–water partition coefficient (Wildman–Crippen LogP) is 1.51. The molecular formula is C15H23N3O2. The summed E-state index contributed by atoms with van der Waals surface area (Å²) < 4.78 is 4.97. The molecule has 0 bridgehead atoms. The van der Waals surface area contributed by atoms with Gasteiger partial charge in [-0.2, -0.15) is 0 Å². The fourth-order valence-electron chi connectivity index (χ4n) is 2.65. The minimum Gasteiger partial charge on any atom is -0.383 e. The third kappa shape index (κ3) is 3.29. The zero-order valence-corrected chi connectivity index (χ0v) is 12.0. The van der Waals surface area contributed by atoms with Crippen molar-refractivity contribution in [2.24, 2.45) is 5.73 Å². The number of hydrogen-bond acceptors (Lipinski definition) is 3. The number of nitrogens with two attached hydrogens (primary N) is 1. The first-order valence-electron chi connectivity index (χ1n) is 7.12. The van der Waals surface area contributed by atoms with Crippen molar-refractivity contribution in [1.82, 2.24) is 5.32 Å². The van der Waals surface area contributed by atoms with E-state index >= 15 is 0 Å². The van der Waals surface area contributed by atoms with Gasteiger partial charge < -0.3 is 15.8 Å². The van der Waals surface area contributed by atoms with E-state index in [1.54, 1.807) is 7.11 Å². The Morgan fingerprint density at radius 1 is 1.50 bits per heavy atom. The van der Waals surface area contributed by atoms with Crippen LogP contribution in [0, 0.1) is 0 Å². The number of methoxy groups -OCH3 is 1. The Morgan fingerprint density at radius 3 is 3.05 bits per heavy atom. The van der Waals surface area contributed by atoms with Gasteiger partial charge in [0.25, 0.3) is 0 Å². The molecule has 1 aliphatic heterocycles. The van der Waals surface area contributed by atoms with Crippen molar-refractivity contribution in [3.05, 3.63) is 29.8 Å². The van der Waals surface area contributed by atoms with Crippen LogP contribution in [0.25, 0.3) is 0 Å². The van der Waals surface area contributed by atoms with E-state index in [-0.39, 0.29) is 12.1 Å². The SMILES string of the molecule is COCCNC(=O)N1c2ccccc2CCCC1CN. The van der Waals surface area contributed by atoms with E-state index in [0.29, 0.717) is 19.7 Å². The number of aryl methyl sites for hydroxylation is 1. The fourth-order valence-corrected chi connectivity index (χ4v) is 2.65. The molecule has 1 unspecified atom stereocenters. The number of ether oxygens (including phenoxy) is 1. The van der Waals surface area contributed by atoms with Crippen LogP contribution in [-0.4, -0.2) is 38.9 Å².